The molecule has 1 aliphatic carbocycles. The predicted molar refractivity (Wildman–Crippen MR) is 102 cm³/mol. The van der Waals surface area contributed by atoms with Crippen molar-refractivity contribution in [2.24, 2.45) is 5.92 Å². The van der Waals surface area contributed by atoms with Gasteiger partial charge in [0.05, 0.1) is 12.2 Å². The van der Waals surface area contributed by atoms with E-state index in [1.54, 1.807) is 0 Å². The first-order valence-electron chi connectivity index (χ1n) is 8.77. The molecule has 1 fully saturated rings. The fourth-order valence-corrected chi connectivity index (χ4v) is 8.29. The van der Waals surface area contributed by atoms with Gasteiger partial charge in [-0.2, -0.15) is 0 Å². The average Bonchev–Trinajstić information content (AvgIpc) is 3.16. The van der Waals surface area contributed by atoms with E-state index in [0.29, 0.717) is 12.5 Å². The fourth-order valence-electron chi connectivity index (χ4n) is 3.67. The van der Waals surface area contributed by atoms with Crippen molar-refractivity contribution < 1.29 is 9.53 Å². The van der Waals surface area contributed by atoms with Gasteiger partial charge in [-0.1, -0.05) is 88.4 Å². The zero-order valence-corrected chi connectivity index (χ0v) is 16.1. The lowest BCUT2D eigenvalue weighted by Gasteiger charge is -2.43. The molecule has 3 rings (SSSR count). The summed E-state index contributed by atoms with van der Waals surface area (Å²) in [4.78, 5) is 0. The summed E-state index contributed by atoms with van der Waals surface area (Å²) in [6.45, 7) is 9.30. The van der Waals surface area contributed by atoms with E-state index in [4.69, 9.17) is 4.43 Å². The molecule has 2 aromatic carbocycles. The van der Waals surface area contributed by atoms with Crippen molar-refractivity contribution in [1.82, 2.24) is 0 Å². The van der Waals surface area contributed by atoms with E-state index in [2.05, 4.69) is 76.2 Å². The number of hydrogen-bond donors (Lipinski definition) is 1. The molecule has 0 radical (unpaired) electrons. The SMILES string of the molecule is C[C@H]1C[C@@]1(O)CO[Si](c1ccccc1)(c1ccccc1)C(C)(C)C. The second-order valence-electron chi connectivity index (χ2n) is 8.16. The summed E-state index contributed by atoms with van der Waals surface area (Å²) in [5, 5.41) is 13.1. The number of benzene rings is 2. The van der Waals surface area contributed by atoms with E-state index in [1.165, 1.54) is 10.4 Å². The highest BCUT2D eigenvalue weighted by Gasteiger charge is 2.55. The number of hydrogen-bond acceptors (Lipinski definition) is 2. The Morgan fingerprint density at radius 3 is 1.75 bits per heavy atom. The zero-order chi connectivity index (χ0) is 17.4. The van der Waals surface area contributed by atoms with E-state index >= 15 is 0 Å². The maximum absolute atomic E-state index is 10.6. The van der Waals surface area contributed by atoms with Gasteiger partial charge in [-0.05, 0) is 27.8 Å². The quantitative estimate of drug-likeness (QED) is 0.846. The van der Waals surface area contributed by atoms with Gasteiger partial charge >= 0.3 is 0 Å². The largest absolute Gasteiger partial charge is 0.404 e. The summed E-state index contributed by atoms with van der Waals surface area (Å²) in [5.74, 6) is 0.329. The van der Waals surface area contributed by atoms with Crippen LogP contribution in [0, 0.1) is 5.92 Å². The van der Waals surface area contributed by atoms with Crippen molar-refractivity contribution >= 4 is 18.7 Å². The first-order chi connectivity index (χ1) is 11.3. The summed E-state index contributed by atoms with van der Waals surface area (Å²) in [6, 6.07) is 21.2. The van der Waals surface area contributed by atoms with Crippen molar-refractivity contribution in [3.63, 3.8) is 0 Å². The van der Waals surface area contributed by atoms with Crippen LogP contribution in [-0.2, 0) is 4.43 Å². The van der Waals surface area contributed by atoms with E-state index in [9.17, 15) is 5.11 Å². The third-order valence-corrected chi connectivity index (χ3v) is 10.4. The fraction of sp³-hybridized carbons (Fsp3) is 0.429. The van der Waals surface area contributed by atoms with Crippen molar-refractivity contribution in [1.29, 1.82) is 0 Å². The molecule has 0 bridgehead atoms. The predicted octanol–water partition coefficient (Wildman–Crippen LogP) is 3.33. The molecule has 0 aromatic heterocycles. The minimum absolute atomic E-state index is 0.0375. The minimum Gasteiger partial charge on any atom is -0.404 e. The highest BCUT2D eigenvalue weighted by Crippen LogP contribution is 2.45. The van der Waals surface area contributed by atoms with Crippen molar-refractivity contribution in [3.8, 4) is 0 Å². The molecule has 128 valence electrons. The van der Waals surface area contributed by atoms with Crippen LogP contribution < -0.4 is 10.4 Å². The Bertz CT molecular complexity index is 638. The Labute approximate surface area is 146 Å². The molecule has 0 aliphatic heterocycles. The van der Waals surface area contributed by atoms with Gasteiger partial charge in [0, 0.05) is 0 Å². The van der Waals surface area contributed by atoms with Crippen LogP contribution in [0.2, 0.25) is 5.04 Å². The van der Waals surface area contributed by atoms with E-state index in [-0.39, 0.29) is 5.04 Å². The van der Waals surface area contributed by atoms with Crippen LogP contribution in [0.15, 0.2) is 60.7 Å². The van der Waals surface area contributed by atoms with Gasteiger partial charge in [0.2, 0.25) is 0 Å². The Hall–Kier alpha value is -1.42. The van der Waals surface area contributed by atoms with Gasteiger partial charge < -0.3 is 9.53 Å². The van der Waals surface area contributed by atoms with Crippen LogP contribution >= 0.6 is 0 Å². The molecule has 0 unspecified atom stereocenters. The summed E-state index contributed by atoms with van der Waals surface area (Å²) >= 11 is 0. The van der Waals surface area contributed by atoms with Crippen molar-refractivity contribution in [3.05, 3.63) is 60.7 Å². The van der Waals surface area contributed by atoms with Crippen LogP contribution in [0.4, 0.5) is 0 Å². The zero-order valence-electron chi connectivity index (χ0n) is 15.1. The van der Waals surface area contributed by atoms with E-state index in [1.807, 2.05) is 12.1 Å². The lowest BCUT2D eigenvalue weighted by atomic mass is 10.2. The van der Waals surface area contributed by atoms with Gasteiger partial charge in [-0.25, -0.2) is 0 Å². The van der Waals surface area contributed by atoms with E-state index < -0.39 is 13.9 Å². The van der Waals surface area contributed by atoms with Gasteiger partial charge in [-0.15, -0.1) is 0 Å². The molecule has 2 nitrogen and oxygen atoms in total. The van der Waals surface area contributed by atoms with Crippen molar-refractivity contribution in [2.45, 2.75) is 44.8 Å². The Balaban J connectivity index is 2.10. The van der Waals surface area contributed by atoms with Gasteiger partial charge in [0.1, 0.15) is 0 Å². The van der Waals surface area contributed by atoms with Crippen LogP contribution in [0.3, 0.4) is 0 Å². The molecule has 2 atom stereocenters. The highest BCUT2D eigenvalue weighted by atomic mass is 28.4. The summed E-state index contributed by atoms with van der Waals surface area (Å²) in [7, 11) is -2.51. The average molecular weight is 341 g/mol. The molecule has 1 saturated carbocycles. The maximum atomic E-state index is 10.6. The molecule has 1 aliphatic rings. The molecule has 0 amide bonds. The summed E-state index contributed by atoms with van der Waals surface area (Å²) < 4.78 is 6.75. The number of aliphatic hydroxyl groups is 1. The minimum atomic E-state index is -2.51. The molecular weight excluding hydrogens is 312 g/mol. The smallest absolute Gasteiger partial charge is 0.261 e. The van der Waals surface area contributed by atoms with Crippen LogP contribution in [0.5, 0.6) is 0 Å². The molecular formula is C21H28O2Si. The lowest BCUT2D eigenvalue weighted by molar-refractivity contribution is 0.0686. The maximum Gasteiger partial charge on any atom is 0.261 e. The molecule has 24 heavy (non-hydrogen) atoms. The molecule has 0 spiro atoms. The first kappa shape index (κ1) is 17.4. The molecule has 0 heterocycles. The number of rotatable bonds is 5. The van der Waals surface area contributed by atoms with Crippen LogP contribution in [0.25, 0.3) is 0 Å². The van der Waals surface area contributed by atoms with Crippen LogP contribution in [0.1, 0.15) is 34.1 Å². The van der Waals surface area contributed by atoms with Crippen molar-refractivity contribution in [2.75, 3.05) is 6.61 Å². The second kappa shape index (κ2) is 6.14. The molecule has 1 N–H and O–H groups in total. The lowest BCUT2D eigenvalue weighted by Crippen LogP contribution is -2.67. The Kier molecular flexibility index (Phi) is 4.45. The second-order valence-corrected chi connectivity index (χ2v) is 12.5. The van der Waals surface area contributed by atoms with Gasteiger partial charge in [-0.3, -0.25) is 0 Å². The third-order valence-electron chi connectivity index (χ3n) is 5.37. The summed E-state index contributed by atoms with van der Waals surface area (Å²) in [5.41, 5.74) is -0.646. The monoisotopic (exact) mass is 340 g/mol. The standard InChI is InChI=1S/C21H28O2Si/c1-17-15-21(17,22)16-23-24(20(2,3)4,18-11-7-5-8-12-18)19-13-9-6-10-14-19/h5-14,17,22H,15-16H2,1-4H3/t17-,21+/m0/s1. The molecule has 2 aromatic rings. The first-order valence-corrected chi connectivity index (χ1v) is 10.7. The topological polar surface area (TPSA) is 29.5 Å². The molecule has 3 heteroatoms. The van der Waals surface area contributed by atoms with Crippen LogP contribution in [-0.4, -0.2) is 25.6 Å². The molecule has 0 saturated heterocycles. The van der Waals surface area contributed by atoms with E-state index in [0.717, 1.165) is 6.42 Å². The van der Waals surface area contributed by atoms with Gasteiger partial charge in [0.25, 0.3) is 8.32 Å². The Morgan fingerprint density at radius 1 is 1.00 bits per heavy atom. The van der Waals surface area contributed by atoms with Gasteiger partial charge in [0.15, 0.2) is 0 Å². The normalized spacial score (nSPS) is 24.0. The third kappa shape index (κ3) is 2.96. The Morgan fingerprint density at radius 2 is 1.42 bits per heavy atom. The summed E-state index contributed by atoms with van der Waals surface area (Å²) in [6.07, 6.45) is 0.838. The highest BCUT2D eigenvalue weighted by molar-refractivity contribution is 6.99.